The van der Waals surface area contributed by atoms with E-state index >= 15 is 0 Å². The molecule has 0 spiro atoms. The van der Waals surface area contributed by atoms with Gasteiger partial charge in [-0.2, -0.15) is 0 Å². The molecule has 2 N–H and O–H groups in total. The third-order valence-corrected chi connectivity index (χ3v) is 5.45. The number of nitrogens with one attached hydrogen (secondary N) is 1. The van der Waals surface area contributed by atoms with Crippen LogP contribution in [0.2, 0.25) is 0 Å². The van der Waals surface area contributed by atoms with E-state index in [-0.39, 0.29) is 18.2 Å². The highest BCUT2D eigenvalue weighted by molar-refractivity contribution is 5.85. The molecule has 1 unspecified atom stereocenters. The van der Waals surface area contributed by atoms with E-state index in [2.05, 4.69) is 42.3 Å². The highest BCUT2D eigenvalue weighted by atomic mass is 35.5. The number of aromatic nitrogens is 1. The van der Waals surface area contributed by atoms with Crippen molar-refractivity contribution in [1.29, 1.82) is 0 Å². The van der Waals surface area contributed by atoms with Gasteiger partial charge in [-0.15, -0.1) is 12.4 Å². The van der Waals surface area contributed by atoms with E-state index < -0.39 is 5.60 Å². The Labute approximate surface area is 178 Å². The average molecular weight is 417 g/mol. The average Bonchev–Trinajstić information content (AvgIpc) is 2.67. The molecule has 0 amide bonds. The number of halogens is 2. The zero-order valence-corrected chi connectivity index (χ0v) is 18.1. The van der Waals surface area contributed by atoms with E-state index in [4.69, 9.17) is 0 Å². The standard InChI is InChI=1S/C24H29FN2O.ClH/c1-17-14-26-16-20-7-6-19(13-23(17)20)15-27-18(2)5-4-12-24(3,28)21-8-10-22(25)11-9-21;/h6-11,13-14,16,18,27-28H,4-5,12,15H2,1-3H3;1H/t18-,24?;/m1./s1. The Morgan fingerprint density at radius 1 is 1.14 bits per heavy atom. The molecule has 3 rings (SSSR count). The molecule has 0 aliphatic rings. The van der Waals surface area contributed by atoms with Gasteiger partial charge in [0.25, 0.3) is 0 Å². The topological polar surface area (TPSA) is 45.2 Å². The molecule has 1 heterocycles. The summed E-state index contributed by atoms with van der Waals surface area (Å²) in [6.45, 7) is 6.86. The predicted molar refractivity (Wildman–Crippen MR) is 120 cm³/mol. The maximum absolute atomic E-state index is 13.1. The number of hydrogen-bond donors (Lipinski definition) is 2. The first kappa shape index (κ1) is 23.3. The van der Waals surface area contributed by atoms with E-state index in [0.29, 0.717) is 12.5 Å². The monoisotopic (exact) mass is 416 g/mol. The molecule has 156 valence electrons. The van der Waals surface area contributed by atoms with Crippen LogP contribution in [0.3, 0.4) is 0 Å². The number of nitrogens with zero attached hydrogens (tertiary/aromatic N) is 1. The molecule has 0 aliphatic carbocycles. The molecule has 3 nitrogen and oxygen atoms in total. The maximum atomic E-state index is 13.1. The van der Waals surface area contributed by atoms with Crippen LogP contribution in [-0.4, -0.2) is 16.1 Å². The molecule has 5 heteroatoms. The van der Waals surface area contributed by atoms with E-state index in [1.165, 1.54) is 34.0 Å². The summed E-state index contributed by atoms with van der Waals surface area (Å²) in [7, 11) is 0. The molecule has 0 radical (unpaired) electrons. The Morgan fingerprint density at radius 2 is 1.86 bits per heavy atom. The van der Waals surface area contributed by atoms with Crippen molar-refractivity contribution >= 4 is 23.2 Å². The number of rotatable bonds is 8. The third-order valence-electron chi connectivity index (χ3n) is 5.45. The predicted octanol–water partition coefficient (Wildman–Crippen LogP) is 5.66. The van der Waals surface area contributed by atoms with Crippen LogP contribution in [0.15, 0.2) is 54.9 Å². The first-order valence-corrected chi connectivity index (χ1v) is 9.90. The number of pyridine rings is 1. The van der Waals surface area contributed by atoms with Crippen LogP contribution in [0, 0.1) is 12.7 Å². The number of fused-ring (bicyclic) bond motifs is 1. The SMILES string of the molecule is Cc1cncc2ccc(CN[C@H](C)CCCC(C)(O)c3ccc(F)cc3)cc12.Cl. The Kier molecular flexibility index (Phi) is 8.14. The highest BCUT2D eigenvalue weighted by Crippen LogP contribution is 2.27. The van der Waals surface area contributed by atoms with Gasteiger partial charge in [0.05, 0.1) is 5.60 Å². The molecular weight excluding hydrogens is 387 g/mol. The van der Waals surface area contributed by atoms with Gasteiger partial charge in [-0.05, 0) is 80.3 Å². The summed E-state index contributed by atoms with van der Waals surface area (Å²) in [6, 6.07) is 13.0. The van der Waals surface area contributed by atoms with Crippen molar-refractivity contribution in [2.45, 2.75) is 58.2 Å². The van der Waals surface area contributed by atoms with Crippen LogP contribution in [-0.2, 0) is 12.1 Å². The molecule has 3 aromatic rings. The quantitative estimate of drug-likeness (QED) is 0.498. The fraction of sp³-hybridized carbons (Fsp3) is 0.375. The van der Waals surface area contributed by atoms with Crippen LogP contribution in [0.5, 0.6) is 0 Å². The second-order valence-electron chi connectivity index (χ2n) is 7.97. The Morgan fingerprint density at radius 3 is 2.59 bits per heavy atom. The lowest BCUT2D eigenvalue weighted by atomic mass is 9.90. The van der Waals surface area contributed by atoms with Crippen LogP contribution in [0.4, 0.5) is 4.39 Å². The van der Waals surface area contributed by atoms with E-state index in [1.807, 2.05) is 12.4 Å². The number of benzene rings is 2. The molecule has 2 atom stereocenters. The largest absolute Gasteiger partial charge is 0.385 e. The van der Waals surface area contributed by atoms with Gasteiger partial charge in [-0.3, -0.25) is 4.98 Å². The first-order valence-electron chi connectivity index (χ1n) is 9.90. The van der Waals surface area contributed by atoms with Gasteiger partial charge in [0, 0.05) is 30.4 Å². The van der Waals surface area contributed by atoms with Crippen molar-refractivity contribution in [3.8, 4) is 0 Å². The number of aliphatic hydroxyl groups is 1. The zero-order chi connectivity index (χ0) is 20.1. The lowest BCUT2D eigenvalue weighted by molar-refractivity contribution is 0.0443. The van der Waals surface area contributed by atoms with Crippen LogP contribution in [0.25, 0.3) is 10.8 Å². The molecule has 2 aromatic carbocycles. The number of hydrogen-bond acceptors (Lipinski definition) is 3. The third kappa shape index (κ3) is 6.23. The van der Waals surface area contributed by atoms with Gasteiger partial charge in [0.15, 0.2) is 0 Å². The smallest absolute Gasteiger partial charge is 0.123 e. The fourth-order valence-corrected chi connectivity index (χ4v) is 3.57. The van der Waals surface area contributed by atoms with Crippen molar-refractivity contribution in [3.63, 3.8) is 0 Å². The second-order valence-corrected chi connectivity index (χ2v) is 7.97. The van der Waals surface area contributed by atoms with Gasteiger partial charge in [-0.1, -0.05) is 24.3 Å². The minimum absolute atomic E-state index is 0. The zero-order valence-electron chi connectivity index (χ0n) is 17.3. The second kappa shape index (κ2) is 10.1. The summed E-state index contributed by atoms with van der Waals surface area (Å²) in [6.07, 6.45) is 6.30. The first-order chi connectivity index (χ1) is 13.3. The highest BCUT2D eigenvalue weighted by Gasteiger charge is 2.22. The minimum Gasteiger partial charge on any atom is -0.385 e. The van der Waals surface area contributed by atoms with Crippen LogP contribution >= 0.6 is 12.4 Å². The lowest BCUT2D eigenvalue weighted by Gasteiger charge is -2.25. The fourth-order valence-electron chi connectivity index (χ4n) is 3.57. The molecule has 0 saturated heterocycles. The molecule has 1 aromatic heterocycles. The van der Waals surface area contributed by atoms with Crippen molar-refractivity contribution in [2.75, 3.05) is 0 Å². The molecule has 0 bridgehead atoms. The summed E-state index contributed by atoms with van der Waals surface area (Å²) in [5.41, 5.74) is 2.27. The van der Waals surface area contributed by atoms with Crippen molar-refractivity contribution < 1.29 is 9.50 Å². The lowest BCUT2D eigenvalue weighted by Crippen LogP contribution is -2.27. The Bertz CT molecular complexity index is 928. The summed E-state index contributed by atoms with van der Waals surface area (Å²) in [5.74, 6) is -0.280. The van der Waals surface area contributed by atoms with Gasteiger partial charge < -0.3 is 10.4 Å². The summed E-state index contributed by atoms with van der Waals surface area (Å²) < 4.78 is 13.1. The molecule has 0 aliphatic heterocycles. The summed E-state index contributed by atoms with van der Waals surface area (Å²) >= 11 is 0. The van der Waals surface area contributed by atoms with Crippen molar-refractivity contribution in [2.24, 2.45) is 0 Å². The molecular formula is C24H30ClFN2O. The van der Waals surface area contributed by atoms with Gasteiger partial charge in [0.2, 0.25) is 0 Å². The van der Waals surface area contributed by atoms with E-state index in [9.17, 15) is 9.50 Å². The molecule has 0 fully saturated rings. The Balaban J connectivity index is 0.00000300. The van der Waals surface area contributed by atoms with Crippen molar-refractivity contribution in [3.05, 3.63) is 77.4 Å². The maximum Gasteiger partial charge on any atom is 0.123 e. The van der Waals surface area contributed by atoms with Crippen molar-refractivity contribution in [1.82, 2.24) is 10.3 Å². The van der Waals surface area contributed by atoms with Gasteiger partial charge >= 0.3 is 0 Å². The van der Waals surface area contributed by atoms with Gasteiger partial charge in [-0.25, -0.2) is 4.39 Å². The minimum atomic E-state index is -0.933. The van der Waals surface area contributed by atoms with E-state index in [1.54, 1.807) is 19.1 Å². The van der Waals surface area contributed by atoms with Crippen LogP contribution < -0.4 is 5.32 Å². The number of aryl methyl sites for hydroxylation is 1. The van der Waals surface area contributed by atoms with Gasteiger partial charge in [0.1, 0.15) is 5.82 Å². The Hall–Kier alpha value is -2.01. The molecule has 29 heavy (non-hydrogen) atoms. The summed E-state index contributed by atoms with van der Waals surface area (Å²) in [4.78, 5) is 4.24. The van der Waals surface area contributed by atoms with Crippen LogP contribution in [0.1, 0.15) is 49.8 Å². The normalized spacial score (nSPS) is 14.2. The van der Waals surface area contributed by atoms with E-state index in [0.717, 1.165) is 24.9 Å². The summed E-state index contributed by atoms with van der Waals surface area (Å²) in [5, 5.41) is 16.7. The molecule has 0 saturated carbocycles.